The van der Waals surface area contributed by atoms with Gasteiger partial charge in [0.2, 0.25) is 0 Å². The largest absolute Gasteiger partial charge is 0.493 e. The Balaban J connectivity index is 1.49. The quantitative estimate of drug-likeness (QED) is 0.859. The van der Waals surface area contributed by atoms with Crippen molar-refractivity contribution in [1.82, 2.24) is 10.2 Å². The van der Waals surface area contributed by atoms with Gasteiger partial charge in [0, 0.05) is 12.0 Å². The number of rotatable bonds is 4. The highest BCUT2D eigenvalue weighted by atomic mass is 16.5. The molecule has 2 aromatic rings. The second kappa shape index (κ2) is 6.37. The lowest BCUT2D eigenvalue weighted by atomic mass is 9.84. The molecule has 1 atom stereocenters. The van der Waals surface area contributed by atoms with Gasteiger partial charge in [-0.25, -0.2) is 4.79 Å². The van der Waals surface area contributed by atoms with E-state index >= 15 is 0 Å². The normalized spacial score (nSPS) is 21.3. The van der Waals surface area contributed by atoms with Crippen LogP contribution in [-0.2, 0) is 10.3 Å². The van der Waals surface area contributed by atoms with Crippen molar-refractivity contribution in [3.8, 4) is 11.5 Å². The van der Waals surface area contributed by atoms with E-state index in [1.165, 1.54) is 4.90 Å². The molecular formula is C20H20N2O4. The average molecular weight is 352 g/mol. The molecule has 1 unspecified atom stereocenters. The van der Waals surface area contributed by atoms with Gasteiger partial charge in [-0.15, -0.1) is 0 Å². The first-order valence-electron chi connectivity index (χ1n) is 8.66. The van der Waals surface area contributed by atoms with Crippen molar-refractivity contribution in [2.75, 3.05) is 19.8 Å². The number of aryl methyl sites for hydroxylation is 1. The number of ether oxygens (including phenoxy) is 2. The highest BCUT2D eigenvalue weighted by molar-refractivity contribution is 6.07. The summed E-state index contributed by atoms with van der Waals surface area (Å²) in [5, 5.41) is 2.88. The van der Waals surface area contributed by atoms with Crippen molar-refractivity contribution >= 4 is 11.9 Å². The molecule has 0 bridgehead atoms. The van der Waals surface area contributed by atoms with Gasteiger partial charge >= 0.3 is 6.03 Å². The first kappa shape index (κ1) is 16.4. The van der Waals surface area contributed by atoms with Crippen LogP contribution >= 0.6 is 0 Å². The molecule has 2 aliphatic heterocycles. The van der Waals surface area contributed by atoms with Gasteiger partial charge in [-0.1, -0.05) is 35.9 Å². The van der Waals surface area contributed by atoms with Gasteiger partial charge in [-0.3, -0.25) is 9.69 Å². The molecular weight excluding hydrogens is 332 g/mol. The zero-order chi connectivity index (χ0) is 18.1. The number of benzene rings is 2. The maximum Gasteiger partial charge on any atom is 0.325 e. The summed E-state index contributed by atoms with van der Waals surface area (Å²) in [5.74, 6) is 1.12. The number of amides is 3. The molecule has 3 amide bonds. The maximum atomic E-state index is 13.1. The summed E-state index contributed by atoms with van der Waals surface area (Å²) >= 11 is 0. The van der Waals surface area contributed by atoms with Crippen molar-refractivity contribution in [2.24, 2.45) is 0 Å². The van der Waals surface area contributed by atoms with Gasteiger partial charge in [0.15, 0.2) is 5.54 Å². The third-order valence-corrected chi connectivity index (χ3v) is 4.86. The smallest absolute Gasteiger partial charge is 0.325 e. The molecule has 26 heavy (non-hydrogen) atoms. The molecule has 2 aromatic carbocycles. The Bertz CT molecular complexity index is 849. The summed E-state index contributed by atoms with van der Waals surface area (Å²) < 4.78 is 11.3. The summed E-state index contributed by atoms with van der Waals surface area (Å²) in [7, 11) is 0. The summed E-state index contributed by atoms with van der Waals surface area (Å²) in [4.78, 5) is 26.8. The average Bonchev–Trinajstić information content (AvgIpc) is 2.88. The summed E-state index contributed by atoms with van der Waals surface area (Å²) in [6.45, 7) is 2.83. The molecule has 0 aliphatic carbocycles. The summed E-state index contributed by atoms with van der Waals surface area (Å²) in [5.41, 5.74) is 0.827. The molecule has 134 valence electrons. The van der Waals surface area contributed by atoms with Crippen LogP contribution in [0.25, 0.3) is 0 Å². The number of carbonyl (C=O) groups is 2. The Kier molecular flexibility index (Phi) is 4.03. The van der Waals surface area contributed by atoms with Gasteiger partial charge in [-0.2, -0.15) is 0 Å². The van der Waals surface area contributed by atoms with E-state index < -0.39 is 5.54 Å². The van der Waals surface area contributed by atoms with Crippen LogP contribution in [0.15, 0.2) is 48.5 Å². The Morgan fingerprint density at radius 1 is 1.15 bits per heavy atom. The van der Waals surface area contributed by atoms with Gasteiger partial charge in [-0.05, 0) is 25.1 Å². The monoisotopic (exact) mass is 352 g/mol. The Morgan fingerprint density at radius 2 is 1.92 bits per heavy atom. The molecule has 2 aliphatic rings. The van der Waals surface area contributed by atoms with E-state index in [1.807, 2.05) is 55.5 Å². The number of nitrogens with one attached hydrogen (secondary N) is 1. The fraction of sp³-hybridized carbons (Fsp3) is 0.300. The number of hydrogen-bond acceptors (Lipinski definition) is 4. The number of urea groups is 1. The fourth-order valence-corrected chi connectivity index (χ4v) is 3.46. The lowest BCUT2D eigenvalue weighted by Crippen LogP contribution is -2.47. The van der Waals surface area contributed by atoms with Crippen LogP contribution in [0.4, 0.5) is 4.79 Å². The number of fused-ring (bicyclic) bond motifs is 2. The van der Waals surface area contributed by atoms with Crippen LogP contribution in [0.3, 0.4) is 0 Å². The van der Waals surface area contributed by atoms with Crippen molar-refractivity contribution in [3.05, 3.63) is 59.7 Å². The van der Waals surface area contributed by atoms with E-state index in [4.69, 9.17) is 9.47 Å². The topological polar surface area (TPSA) is 67.9 Å². The fourth-order valence-electron chi connectivity index (χ4n) is 3.46. The molecule has 4 rings (SSSR count). The predicted octanol–water partition coefficient (Wildman–Crippen LogP) is 2.60. The Morgan fingerprint density at radius 3 is 2.73 bits per heavy atom. The predicted molar refractivity (Wildman–Crippen MR) is 95.2 cm³/mol. The minimum Gasteiger partial charge on any atom is -0.493 e. The van der Waals surface area contributed by atoms with Gasteiger partial charge in [0.25, 0.3) is 5.91 Å². The number of carbonyl (C=O) groups excluding carboxylic acids is 2. The molecule has 6 nitrogen and oxygen atoms in total. The first-order valence-corrected chi connectivity index (χ1v) is 8.66. The Hall–Kier alpha value is -3.02. The van der Waals surface area contributed by atoms with Crippen LogP contribution in [0.2, 0.25) is 0 Å². The maximum absolute atomic E-state index is 13.1. The Labute approximate surface area is 151 Å². The van der Waals surface area contributed by atoms with Gasteiger partial charge in [0.05, 0.1) is 13.2 Å². The van der Waals surface area contributed by atoms with E-state index in [1.54, 1.807) is 0 Å². The third kappa shape index (κ3) is 2.67. The van der Waals surface area contributed by atoms with E-state index in [-0.39, 0.29) is 25.1 Å². The zero-order valence-electron chi connectivity index (χ0n) is 14.5. The van der Waals surface area contributed by atoms with E-state index in [0.29, 0.717) is 30.1 Å². The van der Waals surface area contributed by atoms with E-state index in [0.717, 1.165) is 5.56 Å². The number of hydrogen-bond donors (Lipinski definition) is 1. The van der Waals surface area contributed by atoms with E-state index in [9.17, 15) is 9.59 Å². The molecule has 0 saturated carbocycles. The van der Waals surface area contributed by atoms with Crippen LogP contribution in [0.1, 0.15) is 17.5 Å². The molecule has 0 radical (unpaired) electrons. The molecule has 1 fully saturated rings. The molecule has 1 spiro atoms. The lowest BCUT2D eigenvalue weighted by Gasteiger charge is -2.33. The second-order valence-corrected chi connectivity index (χ2v) is 6.55. The molecule has 6 heteroatoms. The molecule has 1 saturated heterocycles. The van der Waals surface area contributed by atoms with Crippen LogP contribution in [-0.4, -0.2) is 36.6 Å². The van der Waals surface area contributed by atoms with Crippen LogP contribution in [0.5, 0.6) is 11.5 Å². The van der Waals surface area contributed by atoms with Gasteiger partial charge in [0.1, 0.15) is 18.1 Å². The summed E-state index contributed by atoms with van der Waals surface area (Å²) in [6.07, 6.45) is 0.421. The lowest BCUT2D eigenvalue weighted by molar-refractivity contribution is -0.132. The second-order valence-electron chi connectivity index (χ2n) is 6.55. The minimum atomic E-state index is -1.03. The van der Waals surface area contributed by atoms with Gasteiger partial charge < -0.3 is 14.8 Å². The van der Waals surface area contributed by atoms with Crippen molar-refractivity contribution in [1.29, 1.82) is 0 Å². The number of imide groups is 1. The minimum absolute atomic E-state index is 0.198. The standard InChI is InChI=1S/C20H20N2O4/c1-14-6-8-15(9-7-14)25-13-11-22-18(23)20(21-19(22)24)10-12-26-17-5-3-2-4-16(17)20/h2-9H,10-13H2,1H3,(H,21,24). The van der Waals surface area contributed by atoms with Crippen molar-refractivity contribution in [2.45, 2.75) is 18.9 Å². The zero-order valence-corrected chi connectivity index (χ0v) is 14.5. The SMILES string of the molecule is Cc1ccc(OCCN2C(=O)NC3(CCOc4ccccc43)C2=O)cc1. The molecule has 1 N–H and O–H groups in total. The first-order chi connectivity index (χ1) is 12.6. The van der Waals surface area contributed by atoms with Crippen LogP contribution < -0.4 is 14.8 Å². The van der Waals surface area contributed by atoms with Crippen molar-refractivity contribution < 1.29 is 19.1 Å². The van der Waals surface area contributed by atoms with E-state index in [2.05, 4.69) is 5.32 Å². The highest BCUT2D eigenvalue weighted by Gasteiger charge is 2.54. The summed E-state index contributed by atoms with van der Waals surface area (Å²) in [6, 6.07) is 14.6. The van der Waals surface area contributed by atoms with Crippen LogP contribution in [0, 0.1) is 6.92 Å². The number of nitrogens with zero attached hydrogens (tertiary/aromatic N) is 1. The number of para-hydroxylation sites is 1. The molecule has 2 heterocycles. The highest BCUT2D eigenvalue weighted by Crippen LogP contribution is 2.40. The third-order valence-electron chi connectivity index (χ3n) is 4.86. The molecule has 0 aromatic heterocycles. The van der Waals surface area contributed by atoms with Crippen molar-refractivity contribution in [3.63, 3.8) is 0 Å².